The first-order valence-corrected chi connectivity index (χ1v) is 8.59. The van der Waals surface area contributed by atoms with Crippen LogP contribution in [0.25, 0.3) is 0 Å². The maximum Gasteiger partial charge on any atom is -0.00204 e. The first-order chi connectivity index (χ1) is 8.88. The molecule has 0 amide bonds. The Morgan fingerprint density at radius 1 is 0.833 bits per heavy atom. The Balaban J connectivity index is 1.42. The van der Waals surface area contributed by atoms with E-state index in [-0.39, 0.29) is 0 Å². The van der Waals surface area contributed by atoms with Gasteiger partial charge >= 0.3 is 0 Å². The summed E-state index contributed by atoms with van der Waals surface area (Å²) in [7, 11) is 0. The molecule has 1 aliphatic heterocycles. The summed E-state index contributed by atoms with van der Waals surface area (Å²) < 4.78 is 0. The van der Waals surface area contributed by atoms with Crippen molar-refractivity contribution in [2.75, 3.05) is 13.1 Å². The fourth-order valence-corrected chi connectivity index (χ4v) is 6.10. The van der Waals surface area contributed by atoms with Gasteiger partial charge in [-0.25, -0.2) is 0 Å². The van der Waals surface area contributed by atoms with Crippen LogP contribution in [-0.2, 0) is 0 Å². The van der Waals surface area contributed by atoms with Crippen LogP contribution in [0, 0.1) is 35.5 Å². The quantitative estimate of drug-likeness (QED) is 0.782. The minimum atomic E-state index is 1.01. The van der Waals surface area contributed by atoms with E-state index < -0.39 is 0 Å². The molecule has 102 valence electrons. The van der Waals surface area contributed by atoms with Crippen molar-refractivity contribution in [1.82, 2.24) is 5.32 Å². The smallest absolute Gasteiger partial charge is 0.00204 e. The summed E-state index contributed by atoms with van der Waals surface area (Å²) in [6, 6.07) is 0. The third-order valence-electron chi connectivity index (χ3n) is 6.68. The number of rotatable bonds is 2. The lowest BCUT2D eigenvalue weighted by molar-refractivity contribution is -0.0458. The van der Waals surface area contributed by atoms with E-state index in [9.17, 15) is 0 Å². The van der Waals surface area contributed by atoms with Gasteiger partial charge in [-0.1, -0.05) is 6.42 Å². The second-order valence-corrected chi connectivity index (χ2v) is 7.90. The molecule has 1 heteroatoms. The summed E-state index contributed by atoms with van der Waals surface area (Å²) in [5.41, 5.74) is 0. The van der Waals surface area contributed by atoms with Crippen LogP contribution in [0.15, 0.2) is 0 Å². The molecule has 4 aliphatic carbocycles. The molecule has 0 aromatic rings. The molecule has 4 saturated carbocycles. The summed E-state index contributed by atoms with van der Waals surface area (Å²) in [5.74, 6) is 6.72. The molecule has 0 aromatic carbocycles. The highest BCUT2D eigenvalue weighted by molar-refractivity contribution is 4.98. The summed E-state index contributed by atoms with van der Waals surface area (Å²) >= 11 is 0. The van der Waals surface area contributed by atoms with E-state index in [1.807, 2.05) is 0 Å². The molecule has 0 aromatic heterocycles. The fraction of sp³-hybridized carbons (Fsp3) is 1.00. The van der Waals surface area contributed by atoms with Crippen molar-refractivity contribution < 1.29 is 0 Å². The van der Waals surface area contributed by atoms with Crippen molar-refractivity contribution >= 4 is 0 Å². The largest absolute Gasteiger partial charge is 0.316 e. The lowest BCUT2D eigenvalue weighted by atomic mass is 9.50. The summed E-state index contributed by atoms with van der Waals surface area (Å²) in [6.45, 7) is 2.60. The molecule has 4 bridgehead atoms. The summed E-state index contributed by atoms with van der Waals surface area (Å²) in [5, 5.41) is 3.67. The molecule has 5 aliphatic rings. The van der Waals surface area contributed by atoms with Gasteiger partial charge in [-0.3, -0.25) is 0 Å². The van der Waals surface area contributed by atoms with Crippen LogP contribution in [0.1, 0.15) is 57.8 Å². The zero-order chi connectivity index (χ0) is 11.9. The van der Waals surface area contributed by atoms with Crippen LogP contribution >= 0.6 is 0 Å². The van der Waals surface area contributed by atoms with Crippen LogP contribution in [-0.4, -0.2) is 13.1 Å². The van der Waals surface area contributed by atoms with Crippen molar-refractivity contribution in [3.8, 4) is 0 Å². The monoisotopic (exact) mass is 247 g/mol. The van der Waals surface area contributed by atoms with Crippen molar-refractivity contribution in [2.45, 2.75) is 57.8 Å². The Kier molecular flexibility index (Phi) is 3.14. The Hall–Kier alpha value is -0.0400. The van der Waals surface area contributed by atoms with E-state index in [1.54, 1.807) is 38.5 Å². The van der Waals surface area contributed by atoms with Gasteiger partial charge < -0.3 is 5.32 Å². The van der Waals surface area contributed by atoms with Crippen LogP contribution < -0.4 is 5.32 Å². The standard InChI is InChI=1S/C17H29N/c1-2-4-18-11-12(3-1)10-17-15-6-13-5-14(8-15)9-16(17)7-13/h12-18H,1-11H2. The Bertz CT molecular complexity index is 262. The van der Waals surface area contributed by atoms with Gasteiger partial charge in [0.2, 0.25) is 0 Å². The van der Waals surface area contributed by atoms with Crippen molar-refractivity contribution in [1.29, 1.82) is 0 Å². The molecule has 1 heterocycles. The highest BCUT2D eigenvalue weighted by atomic mass is 14.9. The van der Waals surface area contributed by atoms with E-state index in [4.69, 9.17) is 0 Å². The molecular weight excluding hydrogens is 218 g/mol. The Labute approximate surface area is 112 Å². The summed E-state index contributed by atoms with van der Waals surface area (Å²) in [4.78, 5) is 0. The van der Waals surface area contributed by atoms with Crippen LogP contribution in [0.4, 0.5) is 0 Å². The Morgan fingerprint density at radius 3 is 2.28 bits per heavy atom. The summed E-state index contributed by atoms with van der Waals surface area (Å²) in [6.07, 6.45) is 14.0. The van der Waals surface area contributed by atoms with Crippen LogP contribution in [0.2, 0.25) is 0 Å². The zero-order valence-corrected chi connectivity index (χ0v) is 11.7. The van der Waals surface area contributed by atoms with Crippen molar-refractivity contribution in [2.24, 2.45) is 35.5 Å². The van der Waals surface area contributed by atoms with Crippen molar-refractivity contribution in [3.63, 3.8) is 0 Å². The van der Waals surface area contributed by atoms with E-state index in [0.29, 0.717) is 0 Å². The van der Waals surface area contributed by atoms with Gasteiger partial charge in [0.05, 0.1) is 0 Å². The highest BCUT2D eigenvalue weighted by Gasteiger charge is 2.48. The second kappa shape index (κ2) is 4.81. The van der Waals surface area contributed by atoms with Crippen LogP contribution in [0.5, 0.6) is 0 Å². The third kappa shape index (κ3) is 2.13. The maximum atomic E-state index is 3.67. The lowest BCUT2D eigenvalue weighted by Gasteiger charge is -2.55. The number of hydrogen-bond acceptors (Lipinski definition) is 1. The molecule has 5 fully saturated rings. The fourth-order valence-electron chi connectivity index (χ4n) is 6.10. The Morgan fingerprint density at radius 2 is 1.56 bits per heavy atom. The van der Waals surface area contributed by atoms with Gasteiger partial charge in [-0.2, -0.15) is 0 Å². The molecule has 0 radical (unpaired) electrons. The van der Waals surface area contributed by atoms with Gasteiger partial charge in [0.25, 0.3) is 0 Å². The molecule has 5 rings (SSSR count). The minimum Gasteiger partial charge on any atom is -0.316 e. The normalized spacial score (nSPS) is 51.3. The molecule has 18 heavy (non-hydrogen) atoms. The molecule has 1 saturated heterocycles. The van der Waals surface area contributed by atoms with Crippen molar-refractivity contribution in [3.05, 3.63) is 0 Å². The lowest BCUT2D eigenvalue weighted by Crippen LogP contribution is -2.46. The zero-order valence-electron chi connectivity index (χ0n) is 11.7. The van der Waals surface area contributed by atoms with E-state index in [2.05, 4.69) is 5.32 Å². The predicted molar refractivity (Wildman–Crippen MR) is 75.4 cm³/mol. The second-order valence-electron chi connectivity index (χ2n) is 7.90. The number of nitrogens with one attached hydrogen (secondary N) is 1. The van der Waals surface area contributed by atoms with Gasteiger partial charge in [-0.15, -0.1) is 0 Å². The third-order valence-corrected chi connectivity index (χ3v) is 6.68. The first kappa shape index (κ1) is 11.8. The van der Waals surface area contributed by atoms with Gasteiger partial charge in [-0.05, 0) is 100.0 Å². The van der Waals surface area contributed by atoms with Gasteiger partial charge in [0, 0.05) is 0 Å². The van der Waals surface area contributed by atoms with E-state index >= 15 is 0 Å². The van der Waals surface area contributed by atoms with Gasteiger partial charge in [0.15, 0.2) is 0 Å². The maximum absolute atomic E-state index is 3.67. The molecule has 1 nitrogen and oxygen atoms in total. The topological polar surface area (TPSA) is 12.0 Å². The average Bonchev–Trinajstić information content (AvgIpc) is 2.61. The average molecular weight is 247 g/mol. The first-order valence-electron chi connectivity index (χ1n) is 8.59. The van der Waals surface area contributed by atoms with Gasteiger partial charge in [0.1, 0.15) is 0 Å². The van der Waals surface area contributed by atoms with E-state index in [1.165, 1.54) is 32.4 Å². The predicted octanol–water partition coefficient (Wildman–Crippen LogP) is 3.84. The SMILES string of the molecule is C1CCC(CC2C3CC4CC(C3)CC2C4)CNC1. The minimum absolute atomic E-state index is 1.01. The molecule has 1 unspecified atom stereocenters. The molecule has 1 N–H and O–H groups in total. The van der Waals surface area contributed by atoms with E-state index in [0.717, 1.165) is 35.5 Å². The molecule has 1 atom stereocenters. The van der Waals surface area contributed by atoms with Crippen LogP contribution in [0.3, 0.4) is 0 Å². The highest BCUT2D eigenvalue weighted by Crippen LogP contribution is 2.58. The molecular formula is C17H29N. The number of hydrogen-bond donors (Lipinski definition) is 1. The molecule has 0 spiro atoms.